The highest BCUT2D eigenvalue weighted by molar-refractivity contribution is 6.43. The zero-order valence-electron chi connectivity index (χ0n) is 10.9. The van der Waals surface area contributed by atoms with Gasteiger partial charge in [-0.3, -0.25) is 4.79 Å². The van der Waals surface area contributed by atoms with E-state index in [4.69, 9.17) is 0 Å². The molecule has 104 valence electrons. The lowest BCUT2D eigenvalue weighted by atomic mass is 9.66. The summed E-state index contributed by atoms with van der Waals surface area (Å²) in [6, 6.07) is 0. The summed E-state index contributed by atoms with van der Waals surface area (Å²) in [4.78, 5) is 13.6. The van der Waals surface area contributed by atoms with Crippen LogP contribution in [0.5, 0.6) is 0 Å². The van der Waals surface area contributed by atoms with Crippen molar-refractivity contribution in [2.75, 3.05) is 6.54 Å². The van der Waals surface area contributed by atoms with E-state index in [1.54, 1.807) is 11.0 Å². The molecule has 2 nitrogen and oxygen atoms in total. The van der Waals surface area contributed by atoms with Crippen LogP contribution in [0.3, 0.4) is 0 Å². The van der Waals surface area contributed by atoms with Gasteiger partial charge in [-0.2, -0.15) is 13.2 Å². The van der Waals surface area contributed by atoms with Crippen molar-refractivity contribution in [2.24, 2.45) is 5.92 Å². The maximum absolute atomic E-state index is 12.8. The second kappa shape index (κ2) is 5.43. The monoisotopic (exact) mass is 271 g/mol. The first-order valence-electron chi connectivity index (χ1n) is 6.69. The molecule has 0 radical (unpaired) electrons. The van der Waals surface area contributed by atoms with Gasteiger partial charge in [0.2, 0.25) is 5.91 Å². The van der Waals surface area contributed by atoms with E-state index in [9.17, 15) is 18.0 Å². The number of halogens is 3. The van der Waals surface area contributed by atoms with Crippen molar-refractivity contribution in [3.8, 4) is 0 Å². The third-order valence-electron chi connectivity index (χ3n) is 3.82. The van der Waals surface area contributed by atoms with Crippen LogP contribution in [0.4, 0.5) is 13.2 Å². The van der Waals surface area contributed by atoms with Crippen molar-refractivity contribution in [2.45, 2.75) is 38.1 Å². The summed E-state index contributed by atoms with van der Waals surface area (Å²) in [6.45, 7) is 2.49. The number of carbonyl (C=O) groups is 1. The molecule has 0 bridgehead atoms. The third kappa shape index (κ3) is 3.04. The minimum absolute atomic E-state index is 0.0171. The lowest BCUT2D eigenvalue weighted by molar-refractivity contribution is -0.149. The zero-order valence-corrected chi connectivity index (χ0v) is 10.9. The number of carbonyl (C=O) groups excluding carboxylic acids is 1. The Morgan fingerprint density at radius 2 is 2.16 bits per heavy atom. The average molecular weight is 271 g/mol. The fourth-order valence-electron chi connectivity index (χ4n) is 2.65. The molecule has 2 atom stereocenters. The van der Waals surface area contributed by atoms with Crippen molar-refractivity contribution in [3.05, 3.63) is 23.9 Å². The first-order chi connectivity index (χ1) is 8.93. The number of amides is 1. The van der Waals surface area contributed by atoms with Gasteiger partial charge in [0.1, 0.15) is 7.28 Å². The van der Waals surface area contributed by atoms with Crippen molar-refractivity contribution in [1.29, 1.82) is 0 Å². The van der Waals surface area contributed by atoms with Crippen LogP contribution in [0.15, 0.2) is 23.9 Å². The fourth-order valence-corrected chi connectivity index (χ4v) is 2.65. The lowest BCUT2D eigenvalue weighted by Crippen LogP contribution is -2.28. The Kier molecular flexibility index (Phi) is 4.06. The van der Waals surface area contributed by atoms with Crippen LogP contribution in [0, 0.1) is 5.92 Å². The zero-order chi connectivity index (χ0) is 14.0. The molecule has 1 heterocycles. The van der Waals surface area contributed by atoms with Crippen LogP contribution in [0.1, 0.15) is 19.3 Å². The molecule has 6 heteroatoms. The normalized spacial score (nSPS) is 28.3. The van der Waals surface area contributed by atoms with Crippen LogP contribution in [-0.2, 0) is 4.79 Å². The highest BCUT2D eigenvalue weighted by Crippen LogP contribution is 2.35. The number of likely N-dealkylation sites (tertiary alicyclic amines) is 1. The van der Waals surface area contributed by atoms with Gasteiger partial charge in [-0.25, -0.2) is 0 Å². The van der Waals surface area contributed by atoms with Gasteiger partial charge in [0.15, 0.2) is 0 Å². The van der Waals surface area contributed by atoms with Gasteiger partial charge in [0, 0.05) is 18.1 Å². The number of alkyl halides is 3. The molecular formula is C13H17BF3NO. The second-order valence-corrected chi connectivity index (χ2v) is 5.08. The largest absolute Gasteiger partial charge is 0.398 e. The van der Waals surface area contributed by atoms with Gasteiger partial charge >= 0.3 is 6.18 Å². The Labute approximate surface area is 111 Å². The number of rotatable bonds is 2. The van der Waals surface area contributed by atoms with Crippen LogP contribution >= 0.6 is 0 Å². The lowest BCUT2D eigenvalue weighted by Gasteiger charge is -2.22. The van der Waals surface area contributed by atoms with E-state index in [1.165, 1.54) is 12.2 Å². The van der Waals surface area contributed by atoms with Gasteiger partial charge in [-0.1, -0.05) is 19.0 Å². The molecular weight excluding hydrogens is 254 g/mol. The Bertz CT molecular complexity index is 417. The minimum Gasteiger partial charge on any atom is -0.317 e. The van der Waals surface area contributed by atoms with Crippen molar-refractivity contribution >= 4 is 13.2 Å². The molecule has 0 aromatic carbocycles. The summed E-state index contributed by atoms with van der Waals surface area (Å²) in [5.41, 5.74) is 0.535. The first kappa shape index (κ1) is 14.2. The summed E-state index contributed by atoms with van der Waals surface area (Å²) < 4.78 is 38.5. The summed E-state index contributed by atoms with van der Waals surface area (Å²) in [7, 11) is 0.754. The van der Waals surface area contributed by atoms with Crippen molar-refractivity contribution < 1.29 is 18.0 Å². The second-order valence-electron chi connectivity index (χ2n) is 5.08. The highest BCUT2D eigenvalue weighted by Gasteiger charge is 2.39. The molecule has 2 unspecified atom stereocenters. The molecule has 0 aromatic heterocycles. The van der Waals surface area contributed by atoms with Gasteiger partial charge < -0.3 is 4.90 Å². The van der Waals surface area contributed by atoms with E-state index in [1.807, 2.05) is 6.82 Å². The number of nitrogens with zero attached hydrogens (tertiary/aromatic N) is 1. The maximum atomic E-state index is 12.8. The number of hydrogen-bond donors (Lipinski definition) is 0. The average Bonchev–Trinajstić information content (AvgIpc) is 2.57. The molecule has 1 aliphatic carbocycles. The molecule has 0 aromatic rings. The van der Waals surface area contributed by atoms with Crippen LogP contribution < -0.4 is 0 Å². The molecule has 1 fully saturated rings. The smallest absolute Gasteiger partial charge is 0.317 e. The van der Waals surface area contributed by atoms with Crippen LogP contribution in [0.2, 0.25) is 12.6 Å². The Morgan fingerprint density at radius 1 is 1.42 bits per heavy atom. The van der Waals surface area contributed by atoms with E-state index in [2.05, 4.69) is 0 Å². The van der Waals surface area contributed by atoms with Gasteiger partial charge in [0.25, 0.3) is 0 Å². The molecule has 1 aliphatic heterocycles. The minimum atomic E-state index is -4.28. The highest BCUT2D eigenvalue weighted by atomic mass is 19.4. The third-order valence-corrected chi connectivity index (χ3v) is 3.82. The SMILES string of the molecule is CBC1CCN(C2=CC(C(F)(F)F)C=CCC2)C1=O. The van der Waals surface area contributed by atoms with E-state index in [0.717, 1.165) is 13.7 Å². The Morgan fingerprint density at radius 3 is 2.74 bits per heavy atom. The van der Waals surface area contributed by atoms with E-state index >= 15 is 0 Å². The molecule has 0 spiro atoms. The predicted octanol–water partition coefficient (Wildman–Crippen LogP) is 2.90. The number of allylic oxidation sites excluding steroid dienone is 4. The van der Waals surface area contributed by atoms with Gasteiger partial charge in [0.05, 0.1) is 5.92 Å². The molecule has 0 N–H and O–H groups in total. The quantitative estimate of drug-likeness (QED) is 0.558. The van der Waals surface area contributed by atoms with Gasteiger partial charge in [-0.15, -0.1) is 0 Å². The maximum Gasteiger partial charge on any atom is 0.398 e. The van der Waals surface area contributed by atoms with Crippen molar-refractivity contribution in [3.63, 3.8) is 0 Å². The Hall–Kier alpha value is -1.20. The molecule has 2 rings (SSSR count). The van der Waals surface area contributed by atoms with Gasteiger partial charge in [-0.05, 0) is 25.3 Å². The summed E-state index contributed by atoms with van der Waals surface area (Å²) >= 11 is 0. The van der Waals surface area contributed by atoms with Crippen LogP contribution in [0.25, 0.3) is 0 Å². The predicted molar refractivity (Wildman–Crippen MR) is 69.1 cm³/mol. The molecule has 0 saturated carbocycles. The fraction of sp³-hybridized carbons (Fsp3) is 0.615. The molecule has 2 aliphatic rings. The standard InChI is InChI=1S/C13H17BF3NO/c1-14-11-6-7-18(12(11)19)10-5-3-2-4-9(8-10)13(15,16)17/h2,4,8-9,11,14H,3,5-7H2,1H3. The Balaban J connectivity index is 2.20. The summed E-state index contributed by atoms with van der Waals surface area (Å²) in [5.74, 6) is -1.61. The van der Waals surface area contributed by atoms with E-state index in [0.29, 0.717) is 25.1 Å². The van der Waals surface area contributed by atoms with Crippen molar-refractivity contribution in [1.82, 2.24) is 4.90 Å². The van der Waals surface area contributed by atoms with Crippen LogP contribution in [-0.4, -0.2) is 30.8 Å². The summed E-state index contributed by atoms with van der Waals surface area (Å²) in [5, 5.41) is 0. The van der Waals surface area contributed by atoms with E-state index in [-0.39, 0.29) is 11.7 Å². The summed E-state index contributed by atoms with van der Waals surface area (Å²) in [6.07, 6.45) is 1.48. The number of hydrogen-bond acceptors (Lipinski definition) is 1. The molecule has 1 amide bonds. The molecule has 19 heavy (non-hydrogen) atoms. The first-order valence-corrected chi connectivity index (χ1v) is 6.69. The topological polar surface area (TPSA) is 20.3 Å². The molecule has 1 saturated heterocycles. The van der Waals surface area contributed by atoms with E-state index < -0.39 is 12.1 Å².